The number of hydrogen-bond acceptors (Lipinski definition) is 5. The maximum absolute atomic E-state index is 12.3. The molecule has 1 aromatic carbocycles. The van der Waals surface area contributed by atoms with Crippen molar-refractivity contribution in [3.8, 4) is 0 Å². The number of halogens is 1. The van der Waals surface area contributed by atoms with Crippen molar-refractivity contribution in [2.24, 2.45) is 0 Å². The number of aryl methyl sites for hydroxylation is 1. The first-order valence-electron chi connectivity index (χ1n) is 6.80. The third-order valence-corrected chi connectivity index (χ3v) is 3.89. The van der Waals surface area contributed by atoms with E-state index in [1.807, 2.05) is 25.1 Å². The molecule has 0 aromatic heterocycles. The molecule has 0 N–H and O–H groups in total. The van der Waals surface area contributed by atoms with E-state index in [1.54, 1.807) is 23.3 Å². The topological polar surface area (TPSA) is 55.8 Å². The third-order valence-electron chi connectivity index (χ3n) is 3.25. The van der Waals surface area contributed by atoms with Crippen LogP contribution in [0.3, 0.4) is 0 Å². The van der Waals surface area contributed by atoms with E-state index in [0.717, 1.165) is 10.0 Å². The number of esters is 2. The molecule has 0 spiro atoms. The molecule has 6 heteroatoms. The van der Waals surface area contributed by atoms with Gasteiger partial charge in [-0.25, -0.2) is 9.59 Å². The highest BCUT2D eigenvalue weighted by Crippen LogP contribution is 2.32. The van der Waals surface area contributed by atoms with Crippen LogP contribution < -0.4 is 4.90 Å². The number of benzene rings is 1. The quantitative estimate of drug-likeness (QED) is 0.756. The normalized spacial score (nSPS) is 13.8. The second kappa shape index (κ2) is 7.28. The Kier molecular flexibility index (Phi) is 5.39. The third kappa shape index (κ3) is 3.53. The first-order valence-corrected chi connectivity index (χ1v) is 7.60. The van der Waals surface area contributed by atoms with E-state index in [1.165, 1.54) is 20.3 Å². The Morgan fingerprint density at radius 2 is 1.78 bits per heavy atom. The van der Waals surface area contributed by atoms with Crippen LogP contribution in [0.1, 0.15) is 5.56 Å². The zero-order valence-corrected chi connectivity index (χ0v) is 14.6. The molecule has 0 saturated heterocycles. The van der Waals surface area contributed by atoms with E-state index in [-0.39, 0.29) is 11.3 Å². The van der Waals surface area contributed by atoms with Gasteiger partial charge in [0.05, 0.1) is 25.5 Å². The number of allylic oxidation sites excluding steroid dienone is 2. The van der Waals surface area contributed by atoms with E-state index in [4.69, 9.17) is 9.47 Å². The molecule has 0 atom stereocenters. The average molecular weight is 378 g/mol. The molecular formula is C17H16BrNO4. The molecular weight excluding hydrogens is 362 g/mol. The van der Waals surface area contributed by atoms with Gasteiger partial charge in [-0.05, 0) is 52.7 Å². The Bertz CT molecular complexity index is 734. The Hall–Kier alpha value is -2.34. The zero-order chi connectivity index (χ0) is 17.0. The summed E-state index contributed by atoms with van der Waals surface area (Å²) in [6.45, 7) is 1.96. The van der Waals surface area contributed by atoms with E-state index < -0.39 is 11.9 Å². The highest BCUT2D eigenvalue weighted by Gasteiger charge is 2.28. The monoisotopic (exact) mass is 377 g/mol. The van der Waals surface area contributed by atoms with Crippen LogP contribution >= 0.6 is 15.9 Å². The fraction of sp³-hybridized carbons (Fsp3) is 0.176. The Balaban J connectivity index is 2.68. The molecule has 5 nitrogen and oxygen atoms in total. The number of carbonyl (C=O) groups is 2. The largest absolute Gasteiger partial charge is 0.465 e. The molecule has 120 valence electrons. The molecule has 0 bridgehead atoms. The van der Waals surface area contributed by atoms with Crippen molar-refractivity contribution in [2.75, 3.05) is 19.1 Å². The molecule has 1 aromatic rings. The van der Waals surface area contributed by atoms with E-state index >= 15 is 0 Å². The SMILES string of the molecule is COC(=O)C1=C(C(=O)OC)N(c2ccc(C)cc2Br)C=CC=C1. The van der Waals surface area contributed by atoms with E-state index in [0.29, 0.717) is 5.69 Å². The number of methoxy groups -OCH3 is 2. The highest BCUT2D eigenvalue weighted by molar-refractivity contribution is 9.10. The number of carbonyl (C=O) groups excluding carboxylic acids is 2. The lowest BCUT2D eigenvalue weighted by molar-refractivity contribution is -0.139. The predicted molar refractivity (Wildman–Crippen MR) is 90.7 cm³/mol. The number of nitrogens with zero attached hydrogens (tertiary/aromatic N) is 1. The molecule has 23 heavy (non-hydrogen) atoms. The van der Waals surface area contributed by atoms with E-state index in [2.05, 4.69) is 15.9 Å². The number of rotatable bonds is 3. The second-order valence-electron chi connectivity index (χ2n) is 4.77. The molecule has 0 unspecified atom stereocenters. The average Bonchev–Trinajstić information content (AvgIpc) is 2.76. The van der Waals surface area contributed by atoms with Crippen molar-refractivity contribution >= 4 is 33.6 Å². The second-order valence-corrected chi connectivity index (χ2v) is 5.63. The Labute approximate surface area is 143 Å². The lowest BCUT2D eigenvalue weighted by Gasteiger charge is -2.24. The van der Waals surface area contributed by atoms with Crippen LogP contribution in [-0.2, 0) is 19.1 Å². The van der Waals surface area contributed by atoms with Crippen molar-refractivity contribution in [1.82, 2.24) is 0 Å². The van der Waals surface area contributed by atoms with Crippen molar-refractivity contribution in [1.29, 1.82) is 0 Å². The molecule has 0 fully saturated rings. The van der Waals surface area contributed by atoms with Gasteiger partial charge < -0.3 is 14.4 Å². The minimum Gasteiger partial charge on any atom is -0.465 e. The van der Waals surface area contributed by atoms with Gasteiger partial charge in [-0.1, -0.05) is 12.1 Å². The minimum atomic E-state index is -0.630. The lowest BCUT2D eigenvalue weighted by atomic mass is 10.1. The van der Waals surface area contributed by atoms with Gasteiger partial charge in [-0.15, -0.1) is 0 Å². The van der Waals surface area contributed by atoms with Gasteiger partial charge in [0, 0.05) is 10.7 Å². The Morgan fingerprint density at radius 3 is 2.39 bits per heavy atom. The lowest BCUT2D eigenvalue weighted by Crippen LogP contribution is -2.27. The van der Waals surface area contributed by atoms with Crippen molar-refractivity contribution in [3.63, 3.8) is 0 Å². The summed E-state index contributed by atoms with van der Waals surface area (Å²) >= 11 is 3.49. The van der Waals surface area contributed by atoms with Crippen LogP contribution in [0.5, 0.6) is 0 Å². The van der Waals surface area contributed by atoms with Crippen LogP contribution in [0.2, 0.25) is 0 Å². The summed E-state index contributed by atoms with van der Waals surface area (Å²) in [5.41, 5.74) is 1.98. The van der Waals surface area contributed by atoms with Gasteiger partial charge in [0.15, 0.2) is 0 Å². The van der Waals surface area contributed by atoms with Gasteiger partial charge in [-0.2, -0.15) is 0 Å². The standard InChI is InChI=1S/C17H16BrNO4/c1-11-7-8-14(13(18)10-11)19-9-5-4-6-12(16(20)22-2)15(19)17(21)23-3/h4-10H,1-3H3. The predicted octanol–water partition coefficient (Wildman–Crippen LogP) is 3.25. The molecule has 1 aliphatic heterocycles. The first-order chi connectivity index (χ1) is 11.0. The zero-order valence-electron chi connectivity index (χ0n) is 13.0. The van der Waals surface area contributed by atoms with Crippen LogP contribution in [-0.4, -0.2) is 26.2 Å². The summed E-state index contributed by atoms with van der Waals surface area (Å²) < 4.78 is 10.4. The molecule has 2 rings (SSSR count). The van der Waals surface area contributed by atoms with Gasteiger partial charge in [0.25, 0.3) is 0 Å². The molecule has 1 aliphatic rings. The minimum absolute atomic E-state index is 0.0916. The summed E-state index contributed by atoms with van der Waals surface area (Å²) in [4.78, 5) is 26.0. The summed E-state index contributed by atoms with van der Waals surface area (Å²) in [6, 6.07) is 5.69. The first kappa shape index (κ1) is 17.0. The van der Waals surface area contributed by atoms with Crippen molar-refractivity contribution in [3.05, 3.63) is 63.9 Å². The highest BCUT2D eigenvalue weighted by atomic mass is 79.9. The fourth-order valence-electron chi connectivity index (χ4n) is 2.16. The van der Waals surface area contributed by atoms with Gasteiger partial charge in [0.1, 0.15) is 5.70 Å². The van der Waals surface area contributed by atoms with Crippen molar-refractivity contribution < 1.29 is 19.1 Å². The molecule has 1 heterocycles. The maximum atomic E-state index is 12.3. The van der Waals surface area contributed by atoms with E-state index in [9.17, 15) is 9.59 Å². The maximum Gasteiger partial charge on any atom is 0.355 e. The molecule has 0 amide bonds. The van der Waals surface area contributed by atoms with Crippen LogP contribution in [0, 0.1) is 6.92 Å². The van der Waals surface area contributed by atoms with Crippen LogP contribution in [0.4, 0.5) is 5.69 Å². The van der Waals surface area contributed by atoms with Crippen LogP contribution in [0.15, 0.2) is 58.4 Å². The number of anilines is 1. The molecule has 0 aliphatic carbocycles. The summed E-state index contributed by atoms with van der Waals surface area (Å²) in [5.74, 6) is -1.24. The number of hydrogen-bond donors (Lipinski definition) is 0. The van der Waals surface area contributed by atoms with Crippen molar-refractivity contribution in [2.45, 2.75) is 6.92 Å². The summed E-state index contributed by atoms with van der Waals surface area (Å²) in [6.07, 6.45) is 6.60. The summed E-state index contributed by atoms with van der Waals surface area (Å²) in [5, 5.41) is 0. The van der Waals surface area contributed by atoms with Gasteiger partial charge in [0.2, 0.25) is 0 Å². The number of ether oxygens (including phenoxy) is 2. The van der Waals surface area contributed by atoms with Gasteiger partial charge in [-0.3, -0.25) is 0 Å². The van der Waals surface area contributed by atoms with Gasteiger partial charge >= 0.3 is 11.9 Å². The fourth-order valence-corrected chi connectivity index (χ4v) is 2.84. The molecule has 0 radical (unpaired) electrons. The summed E-state index contributed by atoms with van der Waals surface area (Å²) in [7, 11) is 2.54. The van der Waals surface area contributed by atoms with Crippen LogP contribution in [0.25, 0.3) is 0 Å². The Morgan fingerprint density at radius 1 is 1.09 bits per heavy atom. The smallest absolute Gasteiger partial charge is 0.355 e. The molecule has 0 saturated carbocycles.